The third kappa shape index (κ3) is 2.88. The minimum atomic E-state index is -0.261. The number of halogens is 1. The van der Waals surface area contributed by atoms with E-state index in [0.717, 1.165) is 23.3 Å². The fraction of sp³-hybridized carbons (Fsp3) is 0.222. The summed E-state index contributed by atoms with van der Waals surface area (Å²) in [6.07, 6.45) is 0.744. The number of nitrogens with one attached hydrogen (secondary N) is 1. The highest BCUT2D eigenvalue weighted by molar-refractivity contribution is 5.42. The number of methoxy groups -OCH3 is 1. The first-order valence-electron chi connectivity index (χ1n) is 8.02. The lowest BCUT2D eigenvalue weighted by molar-refractivity contribution is 0.413. The van der Waals surface area contributed by atoms with Crippen molar-refractivity contribution in [3.63, 3.8) is 0 Å². The van der Waals surface area contributed by atoms with Crippen molar-refractivity contribution in [2.75, 3.05) is 18.2 Å². The molecule has 1 aromatic heterocycles. The molecule has 1 aliphatic heterocycles. The minimum Gasteiger partial charge on any atom is -0.497 e. The third-order valence-corrected chi connectivity index (χ3v) is 4.48. The predicted octanol–water partition coefficient (Wildman–Crippen LogP) is 3.15. The second kappa shape index (κ2) is 6.08. The van der Waals surface area contributed by atoms with Gasteiger partial charge in [0, 0.05) is 0 Å². The summed E-state index contributed by atoms with van der Waals surface area (Å²) < 4.78 is 20.3. The number of nitrogen functional groups attached to an aromatic ring is 1. The smallest absolute Gasteiger partial charge is 0.241 e. The molecule has 0 amide bonds. The van der Waals surface area contributed by atoms with Crippen LogP contribution in [0, 0.1) is 5.82 Å². The van der Waals surface area contributed by atoms with Crippen molar-refractivity contribution < 1.29 is 9.13 Å². The Morgan fingerprint density at radius 2 is 1.80 bits per heavy atom. The average Bonchev–Trinajstić information content (AvgIpc) is 3.02. The molecular weight excluding hydrogens is 321 g/mol. The van der Waals surface area contributed by atoms with Crippen LogP contribution in [0.2, 0.25) is 0 Å². The Morgan fingerprint density at radius 1 is 1.12 bits per heavy atom. The normalized spacial score (nSPS) is 19.1. The van der Waals surface area contributed by atoms with E-state index in [1.807, 2.05) is 24.3 Å². The van der Waals surface area contributed by atoms with E-state index >= 15 is 0 Å². The Kier molecular flexibility index (Phi) is 3.76. The van der Waals surface area contributed by atoms with Crippen LogP contribution in [0.25, 0.3) is 0 Å². The van der Waals surface area contributed by atoms with Crippen molar-refractivity contribution in [1.82, 2.24) is 14.8 Å². The molecule has 0 bridgehead atoms. The van der Waals surface area contributed by atoms with Gasteiger partial charge in [-0.05, 0) is 41.8 Å². The second-order valence-electron chi connectivity index (χ2n) is 6.01. The number of benzene rings is 2. The molecule has 0 saturated heterocycles. The van der Waals surface area contributed by atoms with Crippen LogP contribution in [0.5, 0.6) is 5.75 Å². The van der Waals surface area contributed by atoms with Gasteiger partial charge in [0.25, 0.3) is 0 Å². The number of anilines is 2. The maximum atomic E-state index is 13.3. The zero-order valence-corrected chi connectivity index (χ0v) is 13.7. The summed E-state index contributed by atoms with van der Waals surface area (Å²) in [6.45, 7) is 0. The predicted molar refractivity (Wildman–Crippen MR) is 92.9 cm³/mol. The molecule has 6 nitrogen and oxygen atoms in total. The Labute approximate surface area is 144 Å². The molecule has 25 heavy (non-hydrogen) atoms. The number of hydrogen-bond acceptors (Lipinski definition) is 5. The molecule has 2 atom stereocenters. The molecule has 2 heterocycles. The van der Waals surface area contributed by atoms with Crippen LogP contribution in [-0.4, -0.2) is 21.9 Å². The van der Waals surface area contributed by atoms with E-state index in [-0.39, 0.29) is 23.8 Å². The van der Waals surface area contributed by atoms with E-state index in [9.17, 15) is 4.39 Å². The molecule has 3 aromatic rings. The van der Waals surface area contributed by atoms with E-state index in [1.54, 1.807) is 23.9 Å². The zero-order valence-electron chi connectivity index (χ0n) is 13.7. The highest BCUT2D eigenvalue weighted by Crippen LogP contribution is 2.38. The summed E-state index contributed by atoms with van der Waals surface area (Å²) >= 11 is 0. The van der Waals surface area contributed by atoms with Crippen LogP contribution in [0.3, 0.4) is 0 Å². The Balaban J connectivity index is 1.71. The van der Waals surface area contributed by atoms with Gasteiger partial charge in [-0.25, -0.2) is 9.07 Å². The number of nitrogens with two attached hydrogens (primary N) is 1. The number of ether oxygens (including phenoxy) is 1. The Hall–Kier alpha value is -3.09. The minimum absolute atomic E-state index is 0.0389. The zero-order chi connectivity index (χ0) is 17.4. The molecule has 0 spiro atoms. The summed E-state index contributed by atoms with van der Waals surface area (Å²) in [5, 5.41) is 7.67. The van der Waals surface area contributed by atoms with E-state index in [2.05, 4.69) is 15.4 Å². The Bertz CT molecular complexity index is 875. The molecule has 0 radical (unpaired) electrons. The molecule has 4 rings (SSSR count). The van der Waals surface area contributed by atoms with Crippen molar-refractivity contribution >= 4 is 11.9 Å². The van der Waals surface area contributed by atoms with Crippen molar-refractivity contribution in [3.05, 3.63) is 65.5 Å². The van der Waals surface area contributed by atoms with E-state index in [1.165, 1.54) is 12.1 Å². The quantitative estimate of drug-likeness (QED) is 0.766. The van der Waals surface area contributed by atoms with Crippen LogP contribution in [0.15, 0.2) is 48.5 Å². The highest BCUT2D eigenvalue weighted by Gasteiger charge is 2.30. The van der Waals surface area contributed by atoms with Gasteiger partial charge in [-0.15, -0.1) is 5.10 Å². The summed E-state index contributed by atoms with van der Waals surface area (Å²) in [5.74, 6) is 1.37. The maximum absolute atomic E-state index is 13.3. The molecule has 0 saturated carbocycles. The second-order valence-corrected chi connectivity index (χ2v) is 6.01. The first kappa shape index (κ1) is 15.4. The highest BCUT2D eigenvalue weighted by atomic mass is 19.1. The molecule has 128 valence electrons. The van der Waals surface area contributed by atoms with E-state index in [0.29, 0.717) is 5.95 Å². The fourth-order valence-corrected chi connectivity index (χ4v) is 3.21. The molecule has 0 fully saturated rings. The first-order chi connectivity index (χ1) is 12.1. The van der Waals surface area contributed by atoms with Gasteiger partial charge in [0.15, 0.2) is 0 Å². The molecule has 0 unspecified atom stereocenters. The Morgan fingerprint density at radius 3 is 2.48 bits per heavy atom. The average molecular weight is 339 g/mol. The van der Waals surface area contributed by atoms with Crippen molar-refractivity contribution in [2.45, 2.75) is 18.5 Å². The monoisotopic (exact) mass is 339 g/mol. The van der Waals surface area contributed by atoms with Crippen LogP contribution in [0.4, 0.5) is 16.3 Å². The summed E-state index contributed by atoms with van der Waals surface area (Å²) in [7, 11) is 1.64. The molecule has 3 N–H and O–H groups in total. The summed E-state index contributed by atoms with van der Waals surface area (Å²) in [4.78, 5) is 4.27. The largest absolute Gasteiger partial charge is 0.497 e. The first-order valence-corrected chi connectivity index (χ1v) is 8.02. The van der Waals surface area contributed by atoms with E-state index < -0.39 is 0 Å². The van der Waals surface area contributed by atoms with Crippen LogP contribution in [-0.2, 0) is 0 Å². The SMILES string of the molecule is COc1ccc([C@@H]2C[C@H](c3ccc(F)cc3)n3nc(N)nc3N2)cc1. The standard InChI is InChI=1S/C18H18FN5O/c1-25-14-8-4-11(5-9-14)15-10-16(12-2-6-13(19)7-3-12)24-18(21-15)22-17(20)23-24/h2-9,15-16H,10H2,1H3,(H3,20,21,22,23)/t15-,16+/m0/s1. The van der Waals surface area contributed by atoms with Gasteiger partial charge in [-0.2, -0.15) is 4.98 Å². The molecule has 0 aliphatic carbocycles. The van der Waals surface area contributed by atoms with Crippen molar-refractivity contribution in [2.24, 2.45) is 0 Å². The third-order valence-electron chi connectivity index (χ3n) is 4.48. The summed E-state index contributed by atoms with van der Waals surface area (Å²) in [6, 6.07) is 14.3. The maximum Gasteiger partial charge on any atom is 0.241 e. The fourth-order valence-electron chi connectivity index (χ4n) is 3.21. The lowest BCUT2D eigenvalue weighted by Crippen LogP contribution is -2.28. The van der Waals surface area contributed by atoms with Gasteiger partial charge in [0.1, 0.15) is 11.6 Å². The topological polar surface area (TPSA) is 78.0 Å². The number of rotatable bonds is 3. The van der Waals surface area contributed by atoms with E-state index in [4.69, 9.17) is 10.5 Å². The number of fused-ring (bicyclic) bond motifs is 1. The number of hydrogen-bond donors (Lipinski definition) is 2. The van der Waals surface area contributed by atoms with Crippen molar-refractivity contribution in [1.29, 1.82) is 0 Å². The van der Waals surface area contributed by atoms with Gasteiger partial charge in [-0.1, -0.05) is 24.3 Å². The number of nitrogens with zero attached hydrogens (tertiary/aromatic N) is 3. The van der Waals surface area contributed by atoms with Gasteiger partial charge in [-0.3, -0.25) is 0 Å². The van der Waals surface area contributed by atoms with Gasteiger partial charge in [0.2, 0.25) is 11.9 Å². The van der Waals surface area contributed by atoms with Gasteiger partial charge >= 0.3 is 0 Å². The number of aromatic nitrogens is 3. The van der Waals surface area contributed by atoms with Gasteiger partial charge in [0.05, 0.1) is 19.2 Å². The lowest BCUT2D eigenvalue weighted by Gasteiger charge is -2.31. The molecule has 1 aliphatic rings. The van der Waals surface area contributed by atoms with Gasteiger partial charge < -0.3 is 15.8 Å². The molecule has 2 aromatic carbocycles. The summed E-state index contributed by atoms with van der Waals surface area (Å²) in [5.41, 5.74) is 7.86. The van der Waals surface area contributed by atoms with Crippen LogP contribution >= 0.6 is 0 Å². The lowest BCUT2D eigenvalue weighted by atomic mass is 9.93. The van der Waals surface area contributed by atoms with Crippen LogP contribution < -0.4 is 15.8 Å². The molecule has 7 heteroatoms. The molecular formula is C18H18FN5O. The van der Waals surface area contributed by atoms with Crippen molar-refractivity contribution in [3.8, 4) is 5.75 Å². The van der Waals surface area contributed by atoms with Crippen LogP contribution in [0.1, 0.15) is 29.6 Å².